The van der Waals surface area contributed by atoms with E-state index in [0.29, 0.717) is 26.8 Å². The smallest absolute Gasteiger partial charge is 0.408 e. The quantitative estimate of drug-likeness (QED) is 0.313. The molecule has 11 heteroatoms. The highest BCUT2D eigenvalue weighted by atomic mass is 32.1. The third kappa shape index (κ3) is 5.81. The first-order chi connectivity index (χ1) is 17.3. The number of ether oxygens (including phenoxy) is 2. The van der Waals surface area contributed by atoms with E-state index in [4.69, 9.17) is 13.9 Å². The lowest BCUT2D eigenvalue weighted by molar-refractivity contribution is 0.134. The molecule has 1 atom stereocenters. The van der Waals surface area contributed by atoms with Crippen LogP contribution in [0.25, 0.3) is 10.2 Å². The number of benzene rings is 2. The number of carbonyl (C=O) groups excluding carboxylic acids is 2. The summed E-state index contributed by atoms with van der Waals surface area (Å²) in [6.45, 7) is 3.43. The number of carbonyl (C=O) groups is 2. The Morgan fingerprint density at radius 1 is 1.08 bits per heavy atom. The summed E-state index contributed by atoms with van der Waals surface area (Å²) in [6.07, 6.45) is -0.671. The monoisotopic (exact) mass is 508 g/mol. The molecule has 1 unspecified atom stereocenters. The first kappa shape index (κ1) is 24.7. The second-order valence-electron chi connectivity index (χ2n) is 7.81. The molecule has 0 spiro atoms. The van der Waals surface area contributed by atoms with E-state index in [1.165, 1.54) is 0 Å². The first-order valence-electron chi connectivity index (χ1n) is 11.0. The van der Waals surface area contributed by atoms with Crippen molar-refractivity contribution in [1.29, 1.82) is 0 Å². The average Bonchev–Trinajstić information content (AvgIpc) is 3.18. The van der Waals surface area contributed by atoms with Gasteiger partial charge in [-0.25, -0.2) is 19.4 Å². The second kappa shape index (κ2) is 10.9. The highest BCUT2D eigenvalue weighted by Crippen LogP contribution is 2.33. The summed E-state index contributed by atoms with van der Waals surface area (Å²) in [4.78, 5) is 42.1. The molecule has 4 rings (SSSR count). The van der Waals surface area contributed by atoms with Gasteiger partial charge in [-0.2, -0.15) is 0 Å². The molecule has 3 N–H and O–H groups in total. The van der Waals surface area contributed by atoms with Gasteiger partial charge in [0, 0.05) is 11.3 Å². The Morgan fingerprint density at radius 2 is 1.81 bits per heavy atom. The van der Waals surface area contributed by atoms with E-state index in [0.717, 1.165) is 16.9 Å². The summed E-state index contributed by atoms with van der Waals surface area (Å²) < 4.78 is 15.7. The standard InChI is InChI=1S/C25H24N4O6S/c1-14-19-22(36-21(14)29-24(31)27-17-9-11-18(33-3)12-10-17)28-20(35-23(19)30)15(2)26-25(32)34-13-16-7-5-4-6-8-16/h4-12,15H,13H2,1-3H3,(H,26,32)(H2,27,29,31). The highest BCUT2D eigenvalue weighted by molar-refractivity contribution is 7.22. The Bertz CT molecular complexity index is 1430. The topological polar surface area (TPSA) is 132 Å². The highest BCUT2D eigenvalue weighted by Gasteiger charge is 2.21. The van der Waals surface area contributed by atoms with Crippen molar-refractivity contribution in [3.8, 4) is 5.75 Å². The molecule has 0 saturated heterocycles. The predicted octanol–water partition coefficient (Wildman–Crippen LogP) is 5.20. The van der Waals surface area contributed by atoms with Crippen LogP contribution in [0, 0.1) is 6.92 Å². The third-order valence-electron chi connectivity index (χ3n) is 5.23. The van der Waals surface area contributed by atoms with Crippen molar-refractivity contribution in [3.05, 3.63) is 82.0 Å². The van der Waals surface area contributed by atoms with Crippen molar-refractivity contribution >= 4 is 44.4 Å². The van der Waals surface area contributed by atoms with Crippen LogP contribution in [-0.2, 0) is 11.3 Å². The summed E-state index contributed by atoms with van der Waals surface area (Å²) in [6, 6.07) is 14.9. The largest absolute Gasteiger partial charge is 0.497 e. The Hall–Kier alpha value is -4.38. The van der Waals surface area contributed by atoms with Crippen LogP contribution in [0.15, 0.2) is 63.8 Å². The van der Waals surface area contributed by atoms with E-state index >= 15 is 0 Å². The van der Waals surface area contributed by atoms with E-state index in [2.05, 4.69) is 20.9 Å². The zero-order valence-electron chi connectivity index (χ0n) is 19.8. The van der Waals surface area contributed by atoms with Gasteiger partial charge >= 0.3 is 17.7 Å². The van der Waals surface area contributed by atoms with E-state index in [1.54, 1.807) is 45.2 Å². The average molecular weight is 509 g/mol. The lowest BCUT2D eigenvalue weighted by atomic mass is 10.2. The Balaban J connectivity index is 1.43. The SMILES string of the molecule is COc1ccc(NC(=O)Nc2sc3nc(C(C)NC(=O)OCc4ccccc4)oc(=O)c3c2C)cc1. The number of fused-ring (bicyclic) bond motifs is 1. The molecule has 0 fully saturated rings. The lowest BCUT2D eigenvalue weighted by Crippen LogP contribution is -2.28. The normalized spacial score (nSPS) is 11.5. The van der Waals surface area contributed by atoms with Gasteiger partial charge in [0.15, 0.2) is 0 Å². The van der Waals surface area contributed by atoms with Crippen molar-refractivity contribution in [3.63, 3.8) is 0 Å². The van der Waals surface area contributed by atoms with Crippen molar-refractivity contribution in [2.24, 2.45) is 0 Å². The fraction of sp³-hybridized carbons (Fsp3) is 0.200. The van der Waals surface area contributed by atoms with E-state index in [-0.39, 0.29) is 17.9 Å². The predicted molar refractivity (Wildman–Crippen MR) is 137 cm³/mol. The second-order valence-corrected chi connectivity index (χ2v) is 8.81. The summed E-state index contributed by atoms with van der Waals surface area (Å²) in [5.74, 6) is 0.697. The van der Waals surface area contributed by atoms with Crippen molar-refractivity contribution in [2.75, 3.05) is 17.7 Å². The van der Waals surface area contributed by atoms with Crippen LogP contribution in [0.3, 0.4) is 0 Å². The van der Waals surface area contributed by atoms with Gasteiger partial charge in [-0.15, -0.1) is 0 Å². The number of nitrogens with zero attached hydrogens (tertiary/aromatic N) is 1. The number of thiophene rings is 1. The zero-order valence-corrected chi connectivity index (χ0v) is 20.6. The zero-order chi connectivity index (χ0) is 25.7. The summed E-state index contributed by atoms with van der Waals surface area (Å²) in [7, 11) is 1.56. The number of methoxy groups -OCH3 is 1. The van der Waals surface area contributed by atoms with E-state index in [9.17, 15) is 14.4 Å². The molecule has 0 bridgehead atoms. The maximum Gasteiger partial charge on any atom is 0.408 e. The maximum atomic E-state index is 12.7. The van der Waals surface area contributed by atoms with Crippen LogP contribution in [0.1, 0.15) is 30.0 Å². The van der Waals surface area contributed by atoms with Crippen LogP contribution in [-0.4, -0.2) is 24.2 Å². The van der Waals surface area contributed by atoms with E-state index < -0.39 is 23.8 Å². The molecule has 0 aliphatic heterocycles. The number of amides is 3. The Morgan fingerprint density at radius 3 is 2.50 bits per heavy atom. The van der Waals surface area contributed by atoms with Crippen molar-refractivity contribution < 1.29 is 23.5 Å². The molecule has 0 aliphatic carbocycles. The molecule has 0 radical (unpaired) electrons. The number of aromatic nitrogens is 1. The van der Waals surface area contributed by atoms with Gasteiger partial charge in [-0.1, -0.05) is 41.7 Å². The Labute approximate surface area is 210 Å². The molecule has 2 aromatic heterocycles. The minimum Gasteiger partial charge on any atom is -0.497 e. The molecule has 36 heavy (non-hydrogen) atoms. The van der Waals surface area contributed by atoms with Crippen molar-refractivity contribution in [2.45, 2.75) is 26.5 Å². The number of nitrogens with one attached hydrogen (secondary N) is 3. The lowest BCUT2D eigenvalue weighted by Gasteiger charge is -2.12. The van der Waals surface area contributed by atoms with Crippen LogP contribution in [0.4, 0.5) is 20.3 Å². The fourth-order valence-electron chi connectivity index (χ4n) is 3.33. The number of anilines is 2. The molecular formula is C25H24N4O6S. The number of urea groups is 1. The molecule has 186 valence electrons. The molecule has 0 aliphatic rings. The molecule has 2 heterocycles. The van der Waals surface area contributed by atoms with Gasteiger partial charge in [0.1, 0.15) is 33.6 Å². The van der Waals surface area contributed by atoms with Crippen molar-refractivity contribution in [1.82, 2.24) is 10.3 Å². The van der Waals surface area contributed by atoms with Crippen LogP contribution >= 0.6 is 11.3 Å². The molecule has 4 aromatic rings. The summed E-state index contributed by atoms with van der Waals surface area (Å²) in [5.41, 5.74) is 1.34. The number of alkyl carbamates (subject to hydrolysis) is 1. The van der Waals surface area contributed by atoms with Gasteiger partial charge in [0.2, 0.25) is 5.89 Å². The number of aryl methyl sites for hydroxylation is 1. The van der Waals surface area contributed by atoms with Gasteiger partial charge in [-0.05, 0) is 43.7 Å². The van der Waals surface area contributed by atoms with Crippen LogP contribution < -0.4 is 26.3 Å². The van der Waals surface area contributed by atoms with Gasteiger partial charge in [0.05, 0.1) is 7.11 Å². The first-order valence-corrected chi connectivity index (χ1v) is 11.8. The summed E-state index contributed by atoms with van der Waals surface area (Å²) >= 11 is 1.13. The molecule has 3 amide bonds. The van der Waals surface area contributed by atoms with Gasteiger partial charge in [0.25, 0.3) is 0 Å². The number of hydrogen-bond donors (Lipinski definition) is 3. The minimum absolute atomic E-state index is 0.0274. The van der Waals surface area contributed by atoms with Crippen LogP contribution in [0.5, 0.6) is 5.75 Å². The summed E-state index contributed by atoms with van der Waals surface area (Å²) in [5, 5.41) is 8.79. The molecule has 10 nitrogen and oxygen atoms in total. The molecular weight excluding hydrogens is 484 g/mol. The fourth-order valence-corrected chi connectivity index (χ4v) is 4.40. The number of hydrogen-bond acceptors (Lipinski definition) is 8. The van der Waals surface area contributed by atoms with Gasteiger partial charge < -0.3 is 24.5 Å². The van der Waals surface area contributed by atoms with Gasteiger partial charge in [-0.3, -0.25) is 5.32 Å². The van der Waals surface area contributed by atoms with Crippen LogP contribution in [0.2, 0.25) is 0 Å². The number of rotatable bonds is 7. The molecule has 0 saturated carbocycles. The maximum absolute atomic E-state index is 12.7. The molecule has 2 aromatic carbocycles. The van der Waals surface area contributed by atoms with E-state index in [1.807, 2.05) is 30.3 Å². The minimum atomic E-state index is -0.720. The third-order valence-corrected chi connectivity index (χ3v) is 6.33. The Kier molecular flexibility index (Phi) is 7.50.